The average Bonchev–Trinajstić information content (AvgIpc) is 2.63. The number of aliphatic carboxylic acids is 1. The summed E-state index contributed by atoms with van der Waals surface area (Å²) < 4.78 is 4.86. The Bertz CT molecular complexity index is 508. The van der Waals surface area contributed by atoms with Gasteiger partial charge in [-0.15, -0.1) is 0 Å². The van der Waals surface area contributed by atoms with Crippen molar-refractivity contribution in [1.29, 1.82) is 0 Å². The zero-order valence-electron chi connectivity index (χ0n) is 16.2. The van der Waals surface area contributed by atoms with Crippen molar-refractivity contribution in [2.45, 2.75) is 58.0 Å². The predicted molar refractivity (Wildman–Crippen MR) is 111 cm³/mol. The SMILES string of the molecule is CCC=CCC=CCC=CCC=CCC=CCC=CCC(OC)C(=O)O. The van der Waals surface area contributed by atoms with Crippen LogP contribution in [-0.4, -0.2) is 24.3 Å². The van der Waals surface area contributed by atoms with E-state index in [2.05, 4.69) is 67.7 Å². The van der Waals surface area contributed by atoms with Gasteiger partial charge >= 0.3 is 5.97 Å². The summed E-state index contributed by atoms with van der Waals surface area (Å²) in [5.74, 6) is -0.924. The number of hydrogen-bond acceptors (Lipinski definition) is 2. The molecule has 0 spiro atoms. The predicted octanol–water partition coefficient (Wildman–Crippen LogP) is 6.17. The first-order chi connectivity index (χ1) is 12.7. The van der Waals surface area contributed by atoms with Crippen molar-refractivity contribution in [3.05, 3.63) is 72.9 Å². The normalized spacial score (nSPS) is 14.2. The molecule has 1 unspecified atom stereocenters. The first kappa shape index (κ1) is 23.9. The molecular weight excluding hydrogens is 324 g/mol. The molecule has 1 N–H and O–H groups in total. The van der Waals surface area contributed by atoms with E-state index >= 15 is 0 Å². The van der Waals surface area contributed by atoms with Crippen LogP contribution in [0.3, 0.4) is 0 Å². The van der Waals surface area contributed by atoms with Crippen molar-refractivity contribution < 1.29 is 14.6 Å². The van der Waals surface area contributed by atoms with E-state index in [1.165, 1.54) is 7.11 Å². The fraction of sp³-hybridized carbons (Fsp3) is 0.435. The van der Waals surface area contributed by atoms with Crippen LogP contribution in [0.25, 0.3) is 0 Å². The highest BCUT2D eigenvalue weighted by Crippen LogP contribution is 2.00. The van der Waals surface area contributed by atoms with Crippen molar-refractivity contribution in [2.24, 2.45) is 0 Å². The number of carbonyl (C=O) groups is 1. The van der Waals surface area contributed by atoms with Gasteiger partial charge in [-0.25, -0.2) is 4.79 Å². The Morgan fingerprint density at radius 3 is 1.38 bits per heavy atom. The molecule has 0 rings (SSSR count). The molecule has 0 aliphatic rings. The molecule has 144 valence electrons. The lowest BCUT2D eigenvalue weighted by Crippen LogP contribution is -2.21. The van der Waals surface area contributed by atoms with E-state index in [0.717, 1.165) is 38.5 Å². The van der Waals surface area contributed by atoms with Gasteiger partial charge in [-0.05, 0) is 38.5 Å². The molecule has 0 aromatic carbocycles. The largest absolute Gasteiger partial charge is 0.479 e. The molecule has 26 heavy (non-hydrogen) atoms. The number of allylic oxidation sites excluding steroid dienone is 11. The summed E-state index contributed by atoms with van der Waals surface area (Å²) in [6.07, 6.45) is 30.9. The van der Waals surface area contributed by atoms with Crippen LogP contribution in [0.4, 0.5) is 0 Å². The maximum atomic E-state index is 10.8. The van der Waals surface area contributed by atoms with E-state index in [1.54, 1.807) is 0 Å². The van der Waals surface area contributed by atoms with Crippen molar-refractivity contribution in [3.8, 4) is 0 Å². The molecule has 0 amide bonds. The molecule has 1 atom stereocenters. The number of ether oxygens (including phenoxy) is 1. The van der Waals surface area contributed by atoms with Crippen LogP contribution in [0.1, 0.15) is 51.9 Å². The van der Waals surface area contributed by atoms with Crippen molar-refractivity contribution in [3.63, 3.8) is 0 Å². The maximum Gasteiger partial charge on any atom is 0.333 e. The molecule has 3 heteroatoms. The van der Waals surface area contributed by atoms with Crippen LogP contribution in [-0.2, 0) is 9.53 Å². The average molecular weight is 359 g/mol. The Morgan fingerprint density at radius 1 is 0.731 bits per heavy atom. The fourth-order valence-corrected chi connectivity index (χ4v) is 2.04. The molecule has 0 aliphatic heterocycles. The first-order valence-corrected chi connectivity index (χ1v) is 9.37. The number of hydrogen-bond donors (Lipinski definition) is 1. The van der Waals surface area contributed by atoms with Crippen LogP contribution in [0.5, 0.6) is 0 Å². The van der Waals surface area contributed by atoms with Crippen LogP contribution >= 0.6 is 0 Å². The fourth-order valence-electron chi connectivity index (χ4n) is 2.04. The maximum absolute atomic E-state index is 10.8. The number of rotatable bonds is 15. The quantitative estimate of drug-likeness (QED) is 0.356. The standard InChI is InChI=1S/C23H34O3/c1-3-4-5-6-7-8-9-10-11-12-13-14-15-16-17-18-19-20-21-22(26-2)23(24)25/h4-5,7-8,10-11,13-14,16-17,19-20,22H,3,6,9,12,15,18,21H2,1-2H3,(H,24,25). The van der Waals surface area contributed by atoms with E-state index in [0.29, 0.717) is 6.42 Å². The minimum atomic E-state index is -0.924. The van der Waals surface area contributed by atoms with Gasteiger partial charge in [0.2, 0.25) is 0 Å². The van der Waals surface area contributed by atoms with Crippen molar-refractivity contribution >= 4 is 5.97 Å². The second-order valence-electron chi connectivity index (χ2n) is 5.71. The molecule has 0 aromatic rings. The van der Waals surface area contributed by atoms with E-state index < -0.39 is 12.1 Å². The van der Waals surface area contributed by atoms with E-state index in [9.17, 15) is 4.79 Å². The van der Waals surface area contributed by atoms with Gasteiger partial charge in [0.05, 0.1) is 0 Å². The van der Waals surface area contributed by atoms with Gasteiger partial charge in [-0.3, -0.25) is 0 Å². The third-order valence-corrected chi connectivity index (χ3v) is 3.51. The first-order valence-electron chi connectivity index (χ1n) is 9.37. The Labute approximate surface area is 159 Å². The summed E-state index contributed by atoms with van der Waals surface area (Å²) in [6.45, 7) is 2.14. The van der Waals surface area contributed by atoms with Crippen molar-refractivity contribution in [1.82, 2.24) is 0 Å². The highest BCUT2D eigenvalue weighted by Gasteiger charge is 2.13. The highest BCUT2D eigenvalue weighted by atomic mass is 16.5. The molecule has 0 saturated carbocycles. The second kappa shape index (κ2) is 19.2. The monoisotopic (exact) mass is 358 g/mol. The third kappa shape index (κ3) is 16.7. The van der Waals surface area contributed by atoms with E-state index in [-0.39, 0.29) is 0 Å². The Kier molecular flexibility index (Phi) is 17.6. The van der Waals surface area contributed by atoms with E-state index in [1.807, 2.05) is 12.2 Å². The summed E-state index contributed by atoms with van der Waals surface area (Å²) in [4.78, 5) is 10.8. The molecule has 0 aromatic heterocycles. The molecule has 0 radical (unpaired) electrons. The zero-order valence-corrected chi connectivity index (χ0v) is 16.2. The summed E-state index contributed by atoms with van der Waals surface area (Å²) in [6, 6.07) is 0. The molecule has 0 fully saturated rings. The summed E-state index contributed by atoms with van der Waals surface area (Å²) in [5, 5.41) is 8.83. The van der Waals surface area contributed by atoms with Gasteiger partial charge in [-0.2, -0.15) is 0 Å². The number of carboxylic acids is 1. The molecule has 3 nitrogen and oxygen atoms in total. The minimum Gasteiger partial charge on any atom is -0.479 e. The van der Waals surface area contributed by atoms with Gasteiger partial charge in [0, 0.05) is 13.5 Å². The van der Waals surface area contributed by atoms with Gasteiger partial charge in [0.25, 0.3) is 0 Å². The number of carboxylic acid groups (broad SMARTS) is 1. The zero-order chi connectivity index (χ0) is 19.3. The second-order valence-corrected chi connectivity index (χ2v) is 5.71. The lowest BCUT2D eigenvalue weighted by atomic mass is 10.2. The lowest BCUT2D eigenvalue weighted by molar-refractivity contribution is -0.148. The molecule has 0 heterocycles. The van der Waals surface area contributed by atoms with Crippen LogP contribution in [0, 0.1) is 0 Å². The minimum absolute atomic E-state index is 0.399. The van der Waals surface area contributed by atoms with Gasteiger partial charge in [0.15, 0.2) is 6.10 Å². The lowest BCUT2D eigenvalue weighted by Gasteiger charge is -2.05. The van der Waals surface area contributed by atoms with Crippen LogP contribution in [0.15, 0.2) is 72.9 Å². The smallest absolute Gasteiger partial charge is 0.333 e. The van der Waals surface area contributed by atoms with Gasteiger partial charge in [-0.1, -0.05) is 79.8 Å². The summed E-state index contributed by atoms with van der Waals surface area (Å²) in [5.41, 5.74) is 0. The molecular formula is C23H34O3. The topological polar surface area (TPSA) is 46.5 Å². The van der Waals surface area contributed by atoms with E-state index in [4.69, 9.17) is 9.84 Å². The molecule has 0 bridgehead atoms. The molecule has 0 aliphatic carbocycles. The van der Waals surface area contributed by atoms with Crippen LogP contribution < -0.4 is 0 Å². The van der Waals surface area contributed by atoms with Crippen molar-refractivity contribution in [2.75, 3.05) is 7.11 Å². The van der Waals surface area contributed by atoms with Crippen LogP contribution in [0.2, 0.25) is 0 Å². The Morgan fingerprint density at radius 2 is 1.08 bits per heavy atom. The number of methoxy groups -OCH3 is 1. The highest BCUT2D eigenvalue weighted by molar-refractivity contribution is 5.72. The summed E-state index contributed by atoms with van der Waals surface area (Å²) in [7, 11) is 1.41. The van der Waals surface area contributed by atoms with Gasteiger partial charge < -0.3 is 9.84 Å². The Hall–Kier alpha value is -2.13. The molecule has 0 saturated heterocycles. The Balaban J connectivity index is 3.65. The summed E-state index contributed by atoms with van der Waals surface area (Å²) >= 11 is 0. The van der Waals surface area contributed by atoms with Gasteiger partial charge in [0.1, 0.15) is 0 Å². The third-order valence-electron chi connectivity index (χ3n) is 3.51.